The average molecular weight is 272 g/mol. The quantitative estimate of drug-likeness (QED) is 0.621. The second kappa shape index (κ2) is 7.38. The Morgan fingerprint density at radius 3 is 2.90 bits per heavy atom. The van der Waals surface area contributed by atoms with Gasteiger partial charge in [0.1, 0.15) is 17.3 Å². The predicted molar refractivity (Wildman–Crippen MR) is 80.1 cm³/mol. The molecule has 0 radical (unpaired) electrons. The molecular weight excluding hydrogens is 252 g/mol. The van der Waals surface area contributed by atoms with Crippen molar-refractivity contribution in [3.8, 4) is 5.75 Å². The third kappa shape index (κ3) is 3.88. The number of methoxy groups -OCH3 is 1. The van der Waals surface area contributed by atoms with Crippen LogP contribution in [0.1, 0.15) is 30.4 Å². The molecule has 4 heteroatoms. The van der Waals surface area contributed by atoms with Crippen LogP contribution in [0.3, 0.4) is 0 Å². The molecule has 2 rings (SSSR count). The first-order chi connectivity index (χ1) is 9.83. The largest absolute Gasteiger partial charge is 0.496 e. The fraction of sp³-hybridized carbons (Fsp3) is 0.312. The summed E-state index contributed by atoms with van der Waals surface area (Å²) in [7, 11) is 1.67. The molecule has 4 nitrogen and oxygen atoms in total. The first-order valence-corrected chi connectivity index (χ1v) is 6.80. The first kappa shape index (κ1) is 14.2. The molecule has 0 amide bonds. The van der Waals surface area contributed by atoms with E-state index in [2.05, 4.69) is 17.5 Å². The van der Waals surface area contributed by atoms with Gasteiger partial charge < -0.3 is 14.6 Å². The maximum atomic E-state index is 5.61. The number of ether oxygens (including phenoxy) is 1. The summed E-state index contributed by atoms with van der Waals surface area (Å²) in [5.41, 5.74) is 4.06. The highest BCUT2D eigenvalue weighted by Crippen LogP contribution is 2.16. The molecule has 0 spiro atoms. The molecule has 0 unspecified atom stereocenters. The van der Waals surface area contributed by atoms with Crippen LogP contribution in [0.15, 0.2) is 45.9 Å². The highest BCUT2D eigenvalue weighted by atomic mass is 16.5. The maximum absolute atomic E-state index is 5.61. The molecule has 1 N–H and O–H groups in total. The molecular formula is C16H20N2O2. The minimum Gasteiger partial charge on any atom is -0.496 e. The van der Waals surface area contributed by atoms with E-state index < -0.39 is 0 Å². The van der Waals surface area contributed by atoms with Crippen LogP contribution >= 0.6 is 0 Å². The van der Waals surface area contributed by atoms with E-state index in [-0.39, 0.29) is 0 Å². The minimum atomic E-state index is 0.614. The molecule has 0 aliphatic carbocycles. The van der Waals surface area contributed by atoms with E-state index in [9.17, 15) is 0 Å². The van der Waals surface area contributed by atoms with Crippen molar-refractivity contribution in [2.24, 2.45) is 5.10 Å². The van der Waals surface area contributed by atoms with E-state index in [0.29, 0.717) is 6.54 Å². The van der Waals surface area contributed by atoms with Crippen molar-refractivity contribution in [1.29, 1.82) is 0 Å². The lowest BCUT2D eigenvalue weighted by Gasteiger charge is -2.06. The third-order valence-electron chi connectivity index (χ3n) is 2.92. The van der Waals surface area contributed by atoms with E-state index in [4.69, 9.17) is 9.15 Å². The molecule has 0 saturated heterocycles. The Morgan fingerprint density at radius 2 is 2.10 bits per heavy atom. The van der Waals surface area contributed by atoms with Crippen molar-refractivity contribution in [3.05, 3.63) is 53.5 Å². The van der Waals surface area contributed by atoms with E-state index in [0.717, 1.165) is 35.7 Å². The summed E-state index contributed by atoms with van der Waals surface area (Å²) in [5, 5.41) is 4.16. The number of rotatable bonds is 7. The number of nitrogens with one attached hydrogen (secondary N) is 1. The SMILES string of the molecule is CCCc1ccc(/C=N\NCc2ccccc2OC)o1. The van der Waals surface area contributed by atoms with Crippen LogP contribution in [0.5, 0.6) is 5.75 Å². The molecule has 0 aliphatic heterocycles. The molecule has 1 heterocycles. The summed E-state index contributed by atoms with van der Waals surface area (Å²) in [6.07, 6.45) is 3.73. The van der Waals surface area contributed by atoms with E-state index >= 15 is 0 Å². The summed E-state index contributed by atoms with van der Waals surface area (Å²) in [4.78, 5) is 0. The molecule has 2 aromatic rings. The number of benzene rings is 1. The fourth-order valence-electron chi connectivity index (χ4n) is 1.93. The fourth-order valence-corrected chi connectivity index (χ4v) is 1.93. The Balaban J connectivity index is 1.86. The van der Waals surface area contributed by atoms with Crippen LogP contribution in [0.4, 0.5) is 0 Å². The van der Waals surface area contributed by atoms with Gasteiger partial charge >= 0.3 is 0 Å². The van der Waals surface area contributed by atoms with E-state index in [1.54, 1.807) is 13.3 Å². The maximum Gasteiger partial charge on any atom is 0.147 e. The molecule has 0 aliphatic rings. The normalized spacial score (nSPS) is 10.9. The zero-order chi connectivity index (χ0) is 14.2. The van der Waals surface area contributed by atoms with Crippen LogP contribution in [0.2, 0.25) is 0 Å². The lowest BCUT2D eigenvalue weighted by molar-refractivity contribution is 0.408. The standard InChI is InChI=1S/C16H20N2O2/c1-3-6-14-9-10-15(20-14)12-18-17-11-13-7-4-5-8-16(13)19-2/h4-5,7-10,12,17H,3,6,11H2,1-2H3/b18-12-. The van der Waals surface area contributed by atoms with Crippen LogP contribution in [-0.4, -0.2) is 13.3 Å². The third-order valence-corrected chi connectivity index (χ3v) is 2.92. The van der Waals surface area contributed by atoms with Crippen molar-refractivity contribution >= 4 is 6.21 Å². The number of hydrogen-bond acceptors (Lipinski definition) is 4. The Bertz CT molecular complexity index is 561. The Hall–Kier alpha value is -2.23. The predicted octanol–water partition coefficient (Wildman–Crippen LogP) is 3.36. The van der Waals surface area contributed by atoms with Gasteiger partial charge in [-0.25, -0.2) is 0 Å². The molecule has 106 valence electrons. The van der Waals surface area contributed by atoms with Gasteiger partial charge in [-0.3, -0.25) is 0 Å². The first-order valence-electron chi connectivity index (χ1n) is 6.80. The number of hydrogen-bond donors (Lipinski definition) is 1. The molecule has 0 saturated carbocycles. The second-order valence-electron chi connectivity index (χ2n) is 4.46. The van der Waals surface area contributed by atoms with Crippen molar-refractivity contribution in [1.82, 2.24) is 5.43 Å². The van der Waals surface area contributed by atoms with Gasteiger partial charge in [0, 0.05) is 12.0 Å². The van der Waals surface area contributed by atoms with Crippen LogP contribution < -0.4 is 10.2 Å². The molecule has 0 atom stereocenters. The van der Waals surface area contributed by atoms with E-state index in [1.165, 1.54) is 0 Å². The summed E-state index contributed by atoms with van der Waals surface area (Å²) in [6.45, 7) is 2.74. The highest BCUT2D eigenvalue weighted by molar-refractivity contribution is 5.75. The summed E-state index contributed by atoms with van der Waals surface area (Å²) < 4.78 is 10.9. The Kier molecular flexibility index (Phi) is 5.24. The van der Waals surface area contributed by atoms with Gasteiger partial charge in [0.2, 0.25) is 0 Å². The van der Waals surface area contributed by atoms with Gasteiger partial charge in [0.25, 0.3) is 0 Å². The van der Waals surface area contributed by atoms with E-state index in [1.807, 2.05) is 36.4 Å². The number of nitrogens with zero attached hydrogens (tertiary/aromatic N) is 1. The van der Waals surface area contributed by atoms with Crippen molar-refractivity contribution in [3.63, 3.8) is 0 Å². The Morgan fingerprint density at radius 1 is 1.25 bits per heavy atom. The minimum absolute atomic E-state index is 0.614. The van der Waals surface area contributed by atoms with Gasteiger partial charge in [-0.2, -0.15) is 5.10 Å². The van der Waals surface area contributed by atoms with Crippen molar-refractivity contribution < 1.29 is 9.15 Å². The number of hydrazone groups is 1. The van der Waals surface area contributed by atoms with Gasteiger partial charge in [0.05, 0.1) is 19.9 Å². The number of aryl methyl sites for hydroxylation is 1. The van der Waals surface area contributed by atoms with Crippen LogP contribution in [0.25, 0.3) is 0 Å². The monoisotopic (exact) mass is 272 g/mol. The van der Waals surface area contributed by atoms with Gasteiger partial charge in [-0.05, 0) is 24.6 Å². The summed E-state index contributed by atoms with van der Waals surface area (Å²) in [6, 6.07) is 11.8. The van der Waals surface area contributed by atoms with Crippen molar-refractivity contribution in [2.75, 3.05) is 7.11 Å². The average Bonchev–Trinajstić information content (AvgIpc) is 2.92. The molecule has 1 aromatic carbocycles. The van der Waals surface area contributed by atoms with Crippen LogP contribution in [0, 0.1) is 0 Å². The number of furan rings is 1. The van der Waals surface area contributed by atoms with Gasteiger partial charge in [0.15, 0.2) is 0 Å². The van der Waals surface area contributed by atoms with Crippen molar-refractivity contribution in [2.45, 2.75) is 26.3 Å². The molecule has 0 fully saturated rings. The lowest BCUT2D eigenvalue weighted by Crippen LogP contribution is -2.06. The van der Waals surface area contributed by atoms with Gasteiger partial charge in [-0.1, -0.05) is 25.1 Å². The summed E-state index contributed by atoms with van der Waals surface area (Å²) in [5.74, 6) is 2.62. The highest BCUT2D eigenvalue weighted by Gasteiger charge is 2.00. The zero-order valence-corrected chi connectivity index (χ0v) is 11.9. The molecule has 0 bridgehead atoms. The topological polar surface area (TPSA) is 46.8 Å². The summed E-state index contributed by atoms with van der Waals surface area (Å²) >= 11 is 0. The second-order valence-corrected chi connectivity index (χ2v) is 4.46. The van der Waals surface area contributed by atoms with Gasteiger partial charge in [-0.15, -0.1) is 0 Å². The molecule has 1 aromatic heterocycles. The smallest absolute Gasteiger partial charge is 0.147 e. The molecule has 20 heavy (non-hydrogen) atoms. The number of para-hydroxylation sites is 1. The van der Waals surface area contributed by atoms with Crippen LogP contribution in [-0.2, 0) is 13.0 Å². The lowest BCUT2D eigenvalue weighted by atomic mass is 10.2. The Labute approximate surface area is 119 Å². The zero-order valence-electron chi connectivity index (χ0n) is 11.9.